The molecular weight excluding hydrogens is 357 g/mol. The first-order valence-corrected chi connectivity index (χ1v) is 9.99. The highest BCUT2D eigenvalue weighted by molar-refractivity contribution is 7.90. The molecule has 2 atom stereocenters. The zero-order valence-electron chi connectivity index (χ0n) is 14.1. The standard InChI is InChI=1S/C18H20FN3O3S/c19-17-4-2-1-3-16(17)13-8-14(10-21-9-13)18(23)22-26(24,25)11-12-5-6-15(20)7-12/h1-4,8-10,12,15H,5-7,11,20H2,(H,22,23)/t12-,15+/m0/s1. The van der Waals surface area contributed by atoms with E-state index in [1.165, 1.54) is 24.5 Å². The number of rotatable bonds is 5. The van der Waals surface area contributed by atoms with Crippen molar-refractivity contribution in [2.45, 2.75) is 25.3 Å². The number of aromatic nitrogens is 1. The van der Waals surface area contributed by atoms with E-state index in [-0.39, 0.29) is 28.8 Å². The van der Waals surface area contributed by atoms with Crippen molar-refractivity contribution in [1.29, 1.82) is 0 Å². The van der Waals surface area contributed by atoms with Crippen molar-refractivity contribution in [2.24, 2.45) is 11.7 Å². The second-order valence-electron chi connectivity index (χ2n) is 6.59. The van der Waals surface area contributed by atoms with Crippen molar-refractivity contribution in [1.82, 2.24) is 9.71 Å². The van der Waals surface area contributed by atoms with Gasteiger partial charge >= 0.3 is 0 Å². The molecule has 0 radical (unpaired) electrons. The van der Waals surface area contributed by atoms with E-state index in [9.17, 15) is 17.6 Å². The first-order chi connectivity index (χ1) is 12.3. The molecule has 1 amide bonds. The maximum absolute atomic E-state index is 13.9. The van der Waals surface area contributed by atoms with Crippen LogP contribution in [-0.2, 0) is 10.0 Å². The van der Waals surface area contributed by atoms with E-state index in [2.05, 4.69) is 9.71 Å². The maximum atomic E-state index is 13.9. The van der Waals surface area contributed by atoms with Crippen molar-refractivity contribution < 1.29 is 17.6 Å². The number of halogens is 1. The van der Waals surface area contributed by atoms with Gasteiger partial charge in [0.1, 0.15) is 5.82 Å². The van der Waals surface area contributed by atoms with Crippen LogP contribution in [0.4, 0.5) is 4.39 Å². The van der Waals surface area contributed by atoms with Crippen LogP contribution in [0.1, 0.15) is 29.6 Å². The van der Waals surface area contributed by atoms with Gasteiger partial charge in [0.15, 0.2) is 0 Å². The number of nitrogens with zero attached hydrogens (tertiary/aromatic N) is 1. The number of nitrogens with two attached hydrogens (primary N) is 1. The molecule has 3 N–H and O–H groups in total. The molecule has 1 aliphatic rings. The van der Waals surface area contributed by atoms with E-state index in [1.807, 2.05) is 0 Å². The molecule has 1 fully saturated rings. The minimum absolute atomic E-state index is 0.0209. The van der Waals surface area contributed by atoms with Crippen LogP contribution in [0.15, 0.2) is 42.7 Å². The molecule has 3 rings (SSSR count). The first kappa shape index (κ1) is 18.5. The third-order valence-electron chi connectivity index (χ3n) is 4.47. The van der Waals surface area contributed by atoms with Crippen LogP contribution in [0.5, 0.6) is 0 Å². The minimum Gasteiger partial charge on any atom is -0.328 e. The Labute approximate surface area is 151 Å². The second kappa shape index (κ2) is 7.51. The molecule has 0 aliphatic heterocycles. The number of hydrogen-bond acceptors (Lipinski definition) is 5. The summed E-state index contributed by atoms with van der Waals surface area (Å²) in [6, 6.07) is 7.54. The highest BCUT2D eigenvalue weighted by atomic mass is 32.2. The van der Waals surface area contributed by atoms with E-state index in [0.29, 0.717) is 12.0 Å². The van der Waals surface area contributed by atoms with Crippen molar-refractivity contribution in [2.75, 3.05) is 5.75 Å². The number of pyridine rings is 1. The van der Waals surface area contributed by atoms with E-state index in [0.717, 1.165) is 12.8 Å². The number of benzene rings is 1. The fraction of sp³-hybridized carbons (Fsp3) is 0.333. The molecule has 0 spiro atoms. The average molecular weight is 377 g/mol. The maximum Gasteiger partial charge on any atom is 0.266 e. The van der Waals surface area contributed by atoms with Crippen LogP contribution in [0, 0.1) is 11.7 Å². The van der Waals surface area contributed by atoms with Crippen LogP contribution in [0.25, 0.3) is 11.1 Å². The van der Waals surface area contributed by atoms with Crippen LogP contribution in [-0.4, -0.2) is 31.1 Å². The lowest BCUT2D eigenvalue weighted by Gasteiger charge is -2.12. The Bertz CT molecular complexity index is 917. The van der Waals surface area contributed by atoms with Crippen molar-refractivity contribution >= 4 is 15.9 Å². The summed E-state index contributed by atoms with van der Waals surface area (Å²) in [7, 11) is -3.78. The molecule has 8 heteroatoms. The predicted octanol–water partition coefficient (Wildman–Crippen LogP) is 2.07. The number of sulfonamides is 1. The van der Waals surface area contributed by atoms with Crippen LogP contribution in [0.3, 0.4) is 0 Å². The molecule has 0 saturated heterocycles. The summed E-state index contributed by atoms with van der Waals surface area (Å²) in [6.45, 7) is 0. The highest BCUT2D eigenvalue weighted by Crippen LogP contribution is 2.25. The SMILES string of the molecule is N[C@@H]1CC[C@H](CS(=O)(=O)NC(=O)c2cncc(-c3ccccc3F)c2)C1. The summed E-state index contributed by atoms with van der Waals surface area (Å²) in [6.07, 6.45) is 4.84. The van der Waals surface area contributed by atoms with Crippen molar-refractivity contribution in [3.8, 4) is 11.1 Å². The first-order valence-electron chi connectivity index (χ1n) is 8.34. The molecule has 6 nitrogen and oxygen atoms in total. The van der Waals surface area contributed by atoms with Gasteiger partial charge in [-0.25, -0.2) is 17.5 Å². The molecule has 1 saturated carbocycles. The molecular formula is C18H20FN3O3S. The van der Waals surface area contributed by atoms with E-state index in [1.54, 1.807) is 18.2 Å². The lowest BCUT2D eigenvalue weighted by molar-refractivity contribution is 0.0981. The number of amides is 1. The van der Waals surface area contributed by atoms with E-state index >= 15 is 0 Å². The second-order valence-corrected chi connectivity index (χ2v) is 8.36. The summed E-state index contributed by atoms with van der Waals surface area (Å²) >= 11 is 0. The van der Waals surface area contributed by atoms with Crippen LogP contribution >= 0.6 is 0 Å². The Morgan fingerprint density at radius 2 is 2.04 bits per heavy atom. The predicted molar refractivity (Wildman–Crippen MR) is 96.2 cm³/mol. The van der Waals surface area contributed by atoms with E-state index in [4.69, 9.17) is 5.73 Å². The third-order valence-corrected chi connectivity index (χ3v) is 5.88. The molecule has 1 aromatic carbocycles. The smallest absolute Gasteiger partial charge is 0.266 e. The Kier molecular flexibility index (Phi) is 5.33. The normalized spacial score (nSPS) is 20.1. The molecule has 1 aliphatic carbocycles. The summed E-state index contributed by atoms with van der Waals surface area (Å²) in [5, 5.41) is 0. The van der Waals surface area contributed by atoms with E-state index < -0.39 is 21.7 Å². The van der Waals surface area contributed by atoms with Gasteiger partial charge < -0.3 is 5.73 Å². The van der Waals surface area contributed by atoms with Crippen molar-refractivity contribution in [3.05, 3.63) is 54.1 Å². The van der Waals surface area contributed by atoms with Crippen LogP contribution < -0.4 is 10.5 Å². The molecule has 1 heterocycles. The van der Waals surface area contributed by atoms with Gasteiger partial charge in [0.05, 0.1) is 11.3 Å². The molecule has 0 unspecified atom stereocenters. The minimum atomic E-state index is -3.78. The van der Waals surface area contributed by atoms with Crippen LogP contribution in [0.2, 0.25) is 0 Å². The zero-order valence-corrected chi connectivity index (χ0v) is 14.9. The van der Waals surface area contributed by atoms with Gasteiger partial charge in [-0.05, 0) is 37.3 Å². The lowest BCUT2D eigenvalue weighted by atomic mass is 10.1. The highest BCUT2D eigenvalue weighted by Gasteiger charge is 2.28. The number of carbonyl (C=O) groups is 1. The third kappa shape index (κ3) is 4.44. The molecule has 1 aromatic heterocycles. The molecule has 138 valence electrons. The topological polar surface area (TPSA) is 102 Å². The number of nitrogens with one attached hydrogen (secondary N) is 1. The Morgan fingerprint density at radius 3 is 2.73 bits per heavy atom. The monoisotopic (exact) mass is 377 g/mol. The summed E-state index contributed by atoms with van der Waals surface area (Å²) in [5.41, 5.74) is 6.54. The average Bonchev–Trinajstić information content (AvgIpc) is 2.99. The fourth-order valence-electron chi connectivity index (χ4n) is 3.22. The summed E-state index contributed by atoms with van der Waals surface area (Å²) in [4.78, 5) is 16.2. The number of carbonyl (C=O) groups excluding carboxylic acids is 1. The van der Waals surface area contributed by atoms with Gasteiger partial charge in [-0.15, -0.1) is 0 Å². The summed E-state index contributed by atoms with van der Waals surface area (Å²) < 4.78 is 40.4. The zero-order chi connectivity index (χ0) is 18.7. The Hall–Kier alpha value is -2.32. The molecule has 0 bridgehead atoms. The van der Waals surface area contributed by atoms with Gasteiger partial charge in [0, 0.05) is 29.6 Å². The fourth-order valence-corrected chi connectivity index (χ4v) is 4.63. The van der Waals surface area contributed by atoms with Gasteiger partial charge in [-0.2, -0.15) is 0 Å². The van der Waals surface area contributed by atoms with Gasteiger partial charge in [0.2, 0.25) is 10.0 Å². The van der Waals surface area contributed by atoms with Gasteiger partial charge in [0.25, 0.3) is 5.91 Å². The quantitative estimate of drug-likeness (QED) is 0.830. The largest absolute Gasteiger partial charge is 0.328 e. The Balaban J connectivity index is 1.74. The molecule has 2 aromatic rings. The van der Waals surface area contributed by atoms with Gasteiger partial charge in [-0.3, -0.25) is 9.78 Å². The van der Waals surface area contributed by atoms with Gasteiger partial charge in [-0.1, -0.05) is 18.2 Å². The number of hydrogen-bond donors (Lipinski definition) is 2. The lowest BCUT2D eigenvalue weighted by Crippen LogP contribution is -2.34. The summed E-state index contributed by atoms with van der Waals surface area (Å²) in [5.74, 6) is -1.40. The Morgan fingerprint density at radius 1 is 1.27 bits per heavy atom. The van der Waals surface area contributed by atoms with Crippen molar-refractivity contribution in [3.63, 3.8) is 0 Å². The molecule has 26 heavy (non-hydrogen) atoms.